The number of ether oxygens (including phenoxy) is 1. The summed E-state index contributed by atoms with van der Waals surface area (Å²) in [7, 11) is 3.47. The summed E-state index contributed by atoms with van der Waals surface area (Å²) >= 11 is 0. The van der Waals surface area contributed by atoms with Gasteiger partial charge >= 0.3 is 0 Å². The maximum atomic E-state index is 13.4. The van der Waals surface area contributed by atoms with Crippen LogP contribution in [0, 0.1) is 6.92 Å². The number of fused-ring (bicyclic) bond motifs is 1. The summed E-state index contributed by atoms with van der Waals surface area (Å²) in [6.45, 7) is 3.76. The molecular weight excluding hydrogens is 524 g/mol. The van der Waals surface area contributed by atoms with E-state index in [-0.39, 0.29) is 23.7 Å². The molecule has 2 bridgehead atoms. The smallest absolute Gasteiger partial charge is 0.246 e. The van der Waals surface area contributed by atoms with E-state index in [0.29, 0.717) is 25.0 Å². The molecule has 1 saturated carbocycles. The van der Waals surface area contributed by atoms with Crippen molar-refractivity contribution in [3.63, 3.8) is 0 Å². The Kier molecular flexibility index (Phi) is 7.62. The van der Waals surface area contributed by atoms with Crippen molar-refractivity contribution in [2.75, 3.05) is 27.2 Å². The lowest BCUT2D eigenvalue weighted by atomic mass is 9.48. The lowest BCUT2D eigenvalue weighted by Gasteiger charge is -2.65. The quantitative estimate of drug-likeness (QED) is 0.381. The van der Waals surface area contributed by atoms with Gasteiger partial charge in [0.05, 0.1) is 12.7 Å². The second kappa shape index (κ2) is 11.2. The van der Waals surface area contributed by atoms with Crippen LogP contribution in [0.1, 0.15) is 53.5 Å². The van der Waals surface area contributed by atoms with Gasteiger partial charge in [-0.15, -0.1) is 0 Å². The Morgan fingerprint density at radius 2 is 1.93 bits per heavy atom. The third-order valence-electron chi connectivity index (χ3n) is 10.3. The van der Waals surface area contributed by atoms with Crippen LogP contribution in [0.2, 0.25) is 0 Å². The first-order valence-corrected chi connectivity index (χ1v) is 15.2. The molecule has 0 spiro atoms. The molecule has 2 N–H and O–H groups in total. The van der Waals surface area contributed by atoms with Gasteiger partial charge < -0.3 is 19.8 Å². The number of carbonyl (C=O) groups excluding carboxylic acids is 1. The molecule has 220 valence electrons. The second-order valence-corrected chi connectivity index (χ2v) is 12.5. The van der Waals surface area contributed by atoms with Crippen molar-refractivity contribution in [1.29, 1.82) is 0 Å². The molecule has 1 saturated heterocycles. The largest absolute Gasteiger partial charge is 0.504 e. The van der Waals surface area contributed by atoms with E-state index in [1.807, 2.05) is 55.3 Å². The van der Waals surface area contributed by atoms with Crippen LogP contribution in [-0.2, 0) is 23.1 Å². The number of nitrogens with zero attached hydrogens (tertiary/aromatic N) is 2. The van der Waals surface area contributed by atoms with Gasteiger partial charge in [-0.25, -0.2) is 0 Å². The molecule has 3 aromatic carbocycles. The van der Waals surface area contributed by atoms with Gasteiger partial charge in [0.25, 0.3) is 0 Å². The molecular formula is C36H42N2O4. The van der Waals surface area contributed by atoms with Crippen molar-refractivity contribution in [2.24, 2.45) is 0 Å². The Balaban J connectivity index is 1.32. The summed E-state index contributed by atoms with van der Waals surface area (Å²) in [4.78, 5) is 17.7. The van der Waals surface area contributed by atoms with E-state index in [9.17, 15) is 15.0 Å². The zero-order chi connectivity index (χ0) is 29.5. The third kappa shape index (κ3) is 4.81. The molecule has 4 atom stereocenters. The molecule has 0 radical (unpaired) electrons. The number of aromatic hydroxyl groups is 1. The summed E-state index contributed by atoms with van der Waals surface area (Å²) in [5.74, 6) is 0.528. The second-order valence-electron chi connectivity index (χ2n) is 12.5. The first-order valence-electron chi connectivity index (χ1n) is 15.2. The number of amides is 1. The number of rotatable bonds is 7. The van der Waals surface area contributed by atoms with Gasteiger partial charge in [-0.05, 0) is 80.8 Å². The predicted octanol–water partition coefficient (Wildman–Crippen LogP) is 5.28. The average molecular weight is 567 g/mol. The summed E-state index contributed by atoms with van der Waals surface area (Å²) in [6, 6.07) is 22.3. The van der Waals surface area contributed by atoms with Gasteiger partial charge in [0.2, 0.25) is 5.91 Å². The SMILES string of the molecule is COc1c(O)ccc2c1[C@]13CCN(CCc4ccccc4)[C@H](C2)[C@]1(O)CCC(N(C)C(=O)/C=C/c1cccc(C)c1)C3. The van der Waals surface area contributed by atoms with Gasteiger partial charge in [-0.1, -0.05) is 66.2 Å². The maximum Gasteiger partial charge on any atom is 0.246 e. The molecule has 1 aliphatic heterocycles. The van der Waals surface area contributed by atoms with Crippen molar-refractivity contribution >= 4 is 12.0 Å². The van der Waals surface area contributed by atoms with Crippen LogP contribution < -0.4 is 4.74 Å². The number of phenols is 1. The van der Waals surface area contributed by atoms with Crippen LogP contribution in [0.25, 0.3) is 6.08 Å². The number of hydrogen-bond donors (Lipinski definition) is 2. The van der Waals surface area contributed by atoms with Crippen molar-refractivity contribution in [2.45, 2.75) is 68.5 Å². The predicted molar refractivity (Wildman–Crippen MR) is 166 cm³/mol. The average Bonchev–Trinajstić information content (AvgIpc) is 2.99. The molecule has 6 rings (SSSR count). The number of benzene rings is 3. The monoisotopic (exact) mass is 566 g/mol. The molecule has 1 amide bonds. The van der Waals surface area contributed by atoms with Gasteiger partial charge in [-0.3, -0.25) is 9.69 Å². The number of phenolic OH excluding ortho intramolecular Hbond substituents is 1. The summed E-state index contributed by atoms with van der Waals surface area (Å²) in [5, 5.41) is 23.7. The minimum absolute atomic E-state index is 0.0418. The van der Waals surface area contributed by atoms with E-state index < -0.39 is 11.0 Å². The molecule has 6 nitrogen and oxygen atoms in total. The summed E-state index contributed by atoms with van der Waals surface area (Å²) in [6.07, 6.45) is 7.83. The minimum Gasteiger partial charge on any atom is -0.504 e. The Bertz CT molecular complexity index is 1490. The highest BCUT2D eigenvalue weighted by Crippen LogP contribution is 2.61. The standard InChI is InChI=1S/C36H42N2O4/c1-25-8-7-11-27(22-25)12-15-32(40)37(2)29-16-18-36(41)31-23-28-13-14-30(39)34(42-3)33(28)35(36,24-29)19-21-38(31)20-17-26-9-5-4-6-10-26/h4-15,22,29,31,39,41H,16-21,23-24H2,1-3H3/b15-12+/t29?,31-,35-,36-/m1/s1. The summed E-state index contributed by atoms with van der Waals surface area (Å²) < 4.78 is 5.83. The van der Waals surface area contributed by atoms with Crippen LogP contribution in [0.3, 0.4) is 0 Å². The summed E-state index contributed by atoms with van der Waals surface area (Å²) in [5.41, 5.74) is 3.89. The Labute approximate surface area is 249 Å². The van der Waals surface area contributed by atoms with Crippen molar-refractivity contribution in [1.82, 2.24) is 9.80 Å². The van der Waals surface area contributed by atoms with Crippen LogP contribution in [0.5, 0.6) is 11.5 Å². The van der Waals surface area contributed by atoms with E-state index in [2.05, 4.69) is 35.2 Å². The van der Waals surface area contributed by atoms with Crippen LogP contribution in [0.4, 0.5) is 0 Å². The molecule has 3 aromatic rings. The number of piperidine rings is 1. The molecule has 0 aromatic heterocycles. The van der Waals surface area contributed by atoms with Gasteiger partial charge in [0.1, 0.15) is 0 Å². The first-order chi connectivity index (χ1) is 20.3. The van der Waals surface area contributed by atoms with Crippen LogP contribution in [0.15, 0.2) is 72.8 Å². The van der Waals surface area contributed by atoms with Gasteiger partial charge in [0.15, 0.2) is 11.5 Å². The molecule has 1 heterocycles. The van der Waals surface area contributed by atoms with Gasteiger partial charge in [0, 0.05) is 42.7 Å². The van der Waals surface area contributed by atoms with E-state index >= 15 is 0 Å². The third-order valence-corrected chi connectivity index (χ3v) is 10.3. The van der Waals surface area contributed by atoms with Crippen LogP contribution in [-0.4, -0.2) is 70.9 Å². The zero-order valence-corrected chi connectivity index (χ0v) is 24.9. The number of aryl methyl sites for hydroxylation is 1. The molecule has 42 heavy (non-hydrogen) atoms. The Morgan fingerprint density at radius 3 is 2.69 bits per heavy atom. The number of likely N-dealkylation sites (tertiary alicyclic amines) is 1. The van der Waals surface area contributed by atoms with Crippen LogP contribution >= 0.6 is 0 Å². The molecule has 2 fully saturated rings. The topological polar surface area (TPSA) is 73.2 Å². The fourth-order valence-electron chi connectivity index (χ4n) is 8.12. The maximum absolute atomic E-state index is 13.4. The normalized spacial score (nSPS) is 26.9. The number of hydrogen-bond acceptors (Lipinski definition) is 5. The van der Waals surface area contributed by atoms with E-state index in [4.69, 9.17) is 4.74 Å². The van der Waals surface area contributed by atoms with Crippen molar-refractivity contribution < 1.29 is 19.7 Å². The van der Waals surface area contributed by atoms with E-state index in [1.165, 1.54) is 5.56 Å². The fraction of sp³-hybridized carbons (Fsp3) is 0.417. The zero-order valence-electron chi connectivity index (χ0n) is 24.9. The van der Waals surface area contributed by atoms with Crippen molar-refractivity contribution in [3.05, 3.63) is 101 Å². The number of aliphatic hydroxyl groups is 1. The van der Waals surface area contributed by atoms with E-state index in [1.54, 1.807) is 19.3 Å². The van der Waals surface area contributed by atoms with Crippen molar-refractivity contribution in [3.8, 4) is 11.5 Å². The highest BCUT2D eigenvalue weighted by molar-refractivity contribution is 5.91. The Hall–Kier alpha value is -3.61. The number of carbonyl (C=O) groups is 1. The minimum atomic E-state index is -0.992. The number of likely N-dealkylation sites (N-methyl/N-ethyl adjacent to an activating group) is 1. The molecule has 2 aliphatic carbocycles. The Morgan fingerprint density at radius 1 is 1.12 bits per heavy atom. The molecule has 6 heteroatoms. The van der Waals surface area contributed by atoms with E-state index in [0.717, 1.165) is 54.6 Å². The first kappa shape index (κ1) is 28.5. The lowest BCUT2D eigenvalue weighted by Crippen LogP contribution is -2.74. The lowest BCUT2D eigenvalue weighted by molar-refractivity contribution is -0.177. The number of methoxy groups -OCH3 is 1. The highest BCUT2D eigenvalue weighted by Gasteiger charge is 2.66. The highest BCUT2D eigenvalue weighted by atomic mass is 16.5. The molecule has 1 unspecified atom stereocenters. The fourth-order valence-corrected chi connectivity index (χ4v) is 8.12. The van der Waals surface area contributed by atoms with Gasteiger partial charge in [-0.2, -0.15) is 0 Å². The molecule has 3 aliphatic rings.